The molecule has 1 heterocycles. The lowest BCUT2D eigenvalue weighted by Crippen LogP contribution is -2.46. The van der Waals surface area contributed by atoms with Gasteiger partial charge in [0.2, 0.25) is 15.9 Å². The number of anilines is 1. The van der Waals surface area contributed by atoms with Crippen LogP contribution in [0.1, 0.15) is 50.7 Å². The molecule has 0 saturated carbocycles. The molecule has 3 N–H and O–H groups in total. The number of carbonyl (C=O) groups is 2. The normalized spacial score (nSPS) is 15.8. The van der Waals surface area contributed by atoms with Gasteiger partial charge in [0.1, 0.15) is 5.75 Å². The molecule has 9 heteroatoms. The van der Waals surface area contributed by atoms with E-state index in [1.165, 1.54) is 24.3 Å². The Labute approximate surface area is 201 Å². The number of piperidine rings is 1. The Balaban J connectivity index is 1.54. The molecule has 2 amide bonds. The van der Waals surface area contributed by atoms with Crippen molar-refractivity contribution in [3.63, 3.8) is 0 Å². The van der Waals surface area contributed by atoms with Gasteiger partial charge in [0.15, 0.2) is 6.10 Å². The average Bonchev–Trinajstić information content (AvgIpc) is 2.78. The van der Waals surface area contributed by atoms with Crippen LogP contribution in [0.15, 0.2) is 47.4 Å². The third-order valence-corrected chi connectivity index (χ3v) is 7.00. The van der Waals surface area contributed by atoms with Gasteiger partial charge in [0.25, 0.3) is 5.91 Å². The minimum Gasteiger partial charge on any atom is -0.481 e. The van der Waals surface area contributed by atoms with Crippen LogP contribution < -0.4 is 15.2 Å². The van der Waals surface area contributed by atoms with Crippen LogP contribution in [0.25, 0.3) is 0 Å². The van der Waals surface area contributed by atoms with E-state index < -0.39 is 16.1 Å². The van der Waals surface area contributed by atoms with Crippen molar-refractivity contribution in [3.05, 3.63) is 53.6 Å². The van der Waals surface area contributed by atoms with E-state index in [4.69, 9.17) is 9.88 Å². The molecule has 1 unspecified atom stereocenters. The summed E-state index contributed by atoms with van der Waals surface area (Å²) in [5, 5.41) is 7.91. The highest BCUT2D eigenvalue weighted by atomic mass is 32.2. The maximum Gasteiger partial charge on any atom is 0.263 e. The van der Waals surface area contributed by atoms with Gasteiger partial charge in [-0.25, -0.2) is 13.6 Å². The van der Waals surface area contributed by atoms with Crippen LogP contribution in [0.3, 0.4) is 0 Å². The van der Waals surface area contributed by atoms with Crippen LogP contribution in [-0.2, 0) is 19.6 Å². The maximum absolute atomic E-state index is 13.0. The minimum absolute atomic E-state index is 0.0140. The summed E-state index contributed by atoms with van der Waals surface area (Å²) in [5.74, 6) is 0.541. The Kier molecular flexibility index (Phi) is 7.99. The third kappa shape index (κ3) is 6.36. The van der Waals surface area contributed by atoms with Gasteiger partial charge in [-0.3, -0.25) is 9.59 Å². The molecule has 1 aliphatic rings. The molecule has 1 fully saturated rings. The minimum atomic E-state index is -3.78. The van der Waals surface area contributed by atoms with Gasteiger partial charge < -0.3 is 15.0 Å². The number of hydrogen-bond acceptors (Lipinski definition) is 5. The smallest absolute Gasteiger partial charge is 0.263 e. The number of benzene rings is 2. The lowest BCUT2D eigenvalue weighted by Gasteiger charge is -2.33. The molecule has 0 aliphatic carbocycles. The Morgan fingerprint density at radius 3 is 2.24 bits per heavy atom. The summed E-state index contributed by atoms with van der Waals surface area (Å²) in [6, 6.07) is 11.8. The molecule has 0 aromatic heterocycles. The predicted molar refractivity (Wildman–Crippen MR) is 131 cm³/mol. The molecule has 2 aromatic rings. The van der Waals surface area contributed by atoms with Gasteiger partial charge >= 0.3 is 0 Å². The SMILES string of the molecule is Cc1ccc(C(C)C)c(OC(C)C(=O)N2CCC(C(=O)Nc3ccc(S(N)(=O)=O)cc3)CC2)c1. The number of aryl methyl sites for hydroxylation is 1. The highest BCUT2D eigenvalue weighted by molar-refractivity contribution is 7.89. The Bertz CT molecular complexity index is 1140. The van der Waals surface area contributed by atoms with Crippen LogP contribution in [0.2, 0.25) is 0 Å². The Morgan fingerprint density at radius 1 is 1.06 bits per heavy atom. The van der Waals surface area contributed by atoms with Crippen LogP contribution in [0.4, 0.5) is 5.69 Å². The quantitative estimate of drug-likeness (QED) is 0.620. The Hall–Kier alpha value is -2.91. The van der Waals surface area contributed by atoms with Crippen molar-refractivity contribution in [1.29, 1.82) is 0 Å². The Morgan fingerprint density at radius 2 is 1.68 bits per heavy atom. The largest absolute Gasteiger partial charge is 0.481 e. The molecule has 0 spiro atoms. The van der Waals surface area contributed by atoms with Gasteiger partial charge in [-0.05, 0) is 74.1 Å². The number of hydrogen-bond donors (Lipinski definition) is 2. The van der Waals surface area contributed by atoms with E-state index in [1.54, 1.807) is 11.8 Å². The van der Waals surface area contributed by atoms with E-state index in [2.05, 4.69) is 19.2 Å². The zero-order chi connectivity index (χ0) is 25.0. The molecule has 34 heavy (non-hydrogen) atoms. The number of primary sulfonamides is 1. The van der Waals surface area contributed by atoms with Crippen molar-refractivity contribution in [2.24, 2.45) is 11.1 Å². The van der Waals surface area contributed by atoms with Gasteiger partial charge in [-0.15, -0.1) is 0 Å². The molecule has 3 rings (SSSR count). The molecule has 1 atom stereocenters. The lowest BCUT2D eigenvalue weighted by atomic mass is 9.95. The number of nitrogens with zero attached hydrogens (tertiary/aromatic N) is 1. The van der Waals surface area contributed by atoms with Crippen LogP contribution >= 0.6 is 0 Å². The number of nitrogens with two attached hydrogens (primary N) is 1. The highest BCUT2D eigenvalue weighted by Gasteiger charge is 2.30. The molecule has 0 bridgehead atoms. The number of rotatable bonds is 7. The maximum atomic E-state index is 13.0. The lowest BCUT2D eigenvalue weighted by molar-refractivity contribution is -0.140. The fraction of sp³-hybridized carbons (Fsp3) is 0.440. The third-order valence-electron chi connectivity index (χ3n) is 6.07. The van der Waals surface area contributed by atoms with Crippen molar-refractivity contribution in [2.45, 2.75) is 57.5 Å². The summed E-state index contributed by atoms with van der Waals surface area (Å²) in [5.41, 5.74) is 2.64. The van der Waals surface area contributed by atoms with Crippen molar-refractivity contribution in [3.8, 4) is 5.75 Å². The number of sulfonamides is 1. The first-order valence-corrected chi connectivity index (χ1v) is 13.0. The van der Waals surface area contributed by atoms with E-state index in [1.807, 2.05) is 25.1 Å². The van der Waals surface area contributed by atoms with Gasteiger partial charge in [-0.1, -0.05) is 26.0 Å². The second kappa shape index (κ2) is 10.6. The van der Waals surface area contributed by atoms with Crippen molar-refractivity contribution in [1.82, 2.24) is 4.90 Å². The summed E-state index contributed by atoms with van der Waals surface area (Å²) in [6.45, 7) is 8.88. The number of nitrogens with one attached hydrogen (secondary N) is 1. The van der Waals surface area contributed by atoms with Crippen molar-refractivity contribution < 1.29 is 22.7 Å². The van der Waals surface area contributed by atoms with Crippen LogP contribution in [0.5, 0.6) is 5.75 Å². The van der Waals surface area contributed by atoms with E-state index in [-0.39, 0.29) is 28.5 Å². The number of carbonyl (C=O) groups excluding carboxylic acids is 2. The van der Waals surface area contributed by atoms with E-state index in [9.17, 15) is 18.0 Å². The standard InChI is InChI=1S/C25H33N3O5S/c1-16(2)22-10-5-17(3)15-23(22)33-18(4)25(30)28-13-11-19(12-14-28)24(29)27-20-6-8-21(9-7-20)34(26,31)32/h5-10,15-16,18-19H,11-14H2,1-4H3,(H,27,29)(H2,26,31,32). The average molecular weight is 488 g/mol. The number of ether oxygens (including phenoxy) is 1. The van der Waals surface area contributed by atoms with Gasteiger partial charge in [-0.2, -0.15) is 0 Å². The second-order valence-electron chi connectivity index (χ2n) is 9.11. The molecule has 1 saturated heterocycles. The van der Waals surface area contributed by atoms with Crippen molar-refractivity contribution >= 4 is 27.5 Å². The second-order valence-corrected chi connectivity index (χ2v) is 10.7. The van der Waals surface area contributed by atoms with E-state index >= 15 is 0 Å². The van der Waals surface area contributed by atoms with Crippen LogP contribution in [0, 0.1) is 12.8 Å². The summed E-state index contributed by atoms with van der Waals surface area (Å²) in [6.07, 6.45) is 0.463. The monoisotopic (exact) mass is 487 g/mol. The fourth-order valence-electron chi connectivity index (χ4n) is 4.05. The predicted octanol–water partition coefficient (Wildman–Crippen LogP) is 3.41. The zero-order valence-corrected chi connectivity index (χ0v) is 20.9. The topological polar surface area (TPSA) is 119 Å². The molecule has 2 aromatic carbocycles. The van der Waals surface area contributed by atoms with E-state index in [0.29, 0.717) is 31.6 Å². The molecule has 184 valence electrons. The summed E-state index contributed by atoms with van der Waals surface area (Å²) >= 11 is 0. The highest BCUT2D eigenvalue weighted by Crippen LogP contribution is 2.29. The number of amides is 2. The first-order chi connectivity index (χ1) is 16.0. The summed E-state index contributed by atoms with van der Waals surface area (Å²) < 4.78 is 28.8. The first kappa shape index (κ1) is 25.7. The fourth-order valence-corrected chi connectivity index (χ4v) is 4.57. The summed E-state index contributed by atoms with van der Waals surface area (Å²) in [7, 11) is -3.78. The van der Waals surface area contributed by atoms with Gasteiger partial charge in [0, 0.05) is 24.7 Å². The number of likely N-dealkylation sites (tertiary alicyclic amines) is 1. The summed E-state index contributed by atoms with van der Waals surface area (Å²) in [4.78, 5) is 27.4. The molecule has 0 radical (unpaired) electrons. The molecular weight excluding hydrogens is 454 g/mol. The zero-order valence-electron chi connectivity index (χ0n) is 20.1. The van der Waals surface area contributed by atoms with Gasteiger partial charge in [0.05, 0.1) is 4.90 Å². The van der Waals surface area contributed by atoms with E-state index in [0.717, 1.165) is 16.9 Å². The molecule has 8 nitrogen and oxygen atoms in total. The van der Waals surface area contributed by atoms with Crippen LogP contribution in [-0.4, -0.2) is 44.3 Å². The molecular formula is C25H33N3O5S. The first-order valence-electron chi connectivity index (χ1n) is 11.5. The van der Waals surface area contributed by atoms with Crippen molar-refractivity contribution in [2.75, 3.05) is 18.4 Å². The molecule has 1 aliphatic heterocycles.